The van der Waals surface area contributed by atoms with Crippen LogP contribution in [0, 0.1) is 22.5 Å². The number of nitrogens with zero attached hydrogens (tertiary/aromatic N) is 1. The van der Waals surface area contributed by atoms with Crippen LogP contribution in [0.2, 0.25) is 0 Å². The zero-order chi connectivity index (χ0) is 14.8. The molecule has 1 aromatic rings. The monoisotopic (exact) mass is 278 g/mol. The molecule has 20 heavy (non-hydrogen) atoms. The molecule has 0 aromatic heterocycles. The Bertz CT molecular complexity index is 536. The van der Waals surface area contributed by atoms with Crippen LogP contribution < -0.4 is 5.32 Å². The lowest BCUT2D eigenvalue weighted by Crippen LogP contribution is -2.43. The molecule has 0 saturated carbocycles. The Morgan fingerprint density at radius 3 is 2.65 bits per heavy atom. The Balaban J connectivity index is 2.34. The summed E-state index contributed by atoms with van der Waals surface area (Å²) < 4.78 is 0. The van der Waals surface area contributed by atoms with Crippen LogP contribution in [0.25, 0.3) is 0 Å². The van der Waals surface area contributed by atoms with Crippen LogP contribution in [0.3, 0.4) is 0 Å². The molecule has 2 N–H and O–H groups in total. The summed E-state index contributed by atoms with van der Waals surface area (Å²) in [4.78, 5) is 22.2. The van der Waals surface area contributed by atoms with E-state index in [0.717, 1.165) is 5.56 Å². The molecular weight excluding hydrogens is 260 g/mol. The molecule has 1 saturated heterocycles. The Labute approximate surface area is 117 Å². The molecule has 6 heteroatoms. The second kappa shape index (κ2) is 5.58. The van der Waals surface area contributed by atoms with Gasteiger partial charge in [0.1, 0.15) is 0 Å². The molecule has 1 aliphatic rings. The van der Waals surface area contributed by atoms with Crippen molar-refractivity contribution in [1.82, 2.24) is 5.32 Å². The fourth-order valence-corrected chi connectivity index (χ4v) is 2.80. The topological polar surface area (TPSA) is 92.5 Å². The van der Waals surface area contributed by atoms with E-state index in [1.54, 1.807) is 19.1 Å². The van der Waals surface area contributed by atoms with Gasteiger partial charge < -0.3 is 10.4 Å². The molecule has 0 atom stereocenters. The lowest BCUT2D eigenvalue weighted by atomic mass is 9.73. The van der Waals surface area contributed by atoms with Crippen LogP contribution in [0.4, 0.5) is 5.69 Å². The fourth-order valence-electron chi connectivity index (χ4n) is 2.80. The van der Waals surface area contributed by atoms with Crippen LogP contribution >= 0.6 is 0 Å². The summed E-state index contributed by atoms with van der Waals surface area (Å²) in [5, 5.41) is 23.7. The summed E-state index contributed by atoms with van der Waals surface area (Å²) in [7, 11) is 0. The molecule has 1 aromatic carbocycles. The third-order valence-electron chi connectivity index (χ3n) is 4.16. The Kier molecular flexibility index (Phi) is 4.04. The lowest BCUT2D eigenvalue weighted by molar-refractivity contribution is -0.385. The predicted octanol–water partition coefficient (Wildman–Crippen LogP) is 1.90. The van der Waals surface area contributed by atoms with Gasteiger partial charge in [-0.05, 0) is 44.8 Å². The number of nitrogens with one attached hydrogen (secondary N) is 1. The van der Waals surface area contributed by atoms with Crippen molar-refractivity contribution in [3.63, 3.8) is 0 Å². The van der Waals surface area contributed by atoms with Crippen molar-refractivity contribution >= 4 is 11.7 Å². The molecule has 0 amide bonds. The normalized spacial score (nSPS) is 17.6. The molecule has 0 radical (unpaired) electrons. The molecule has 2 rings (SSSR count). The Morgan fingerprint density at radius 2 is 2.10 bits per heavy atom. The average molecular weight is 278 g/mol. The third-order valence-corrected chi connectivity index (χ3v) is 4.16. The Morgan fingerprint density at radius 1 is 1.45 bits per heavy atom. The predicted molar refractivity (Wildman–Crippen MR) is 73.7 cm³/mol. The van der Waals surface area contributed by atoms with E-state index in [0.29, 0.717) is 37.9 Å². The highest BCUT2D eigenvalue weighted by Crippen LogP contribution is 2.35. The molecule has 1 heterocycles. The third kappa shape index (κ3) is 2.65. The number of rotatable bonds is 4. The van der Waals surface area contributed by atoms with E-state index in [9.17, 15) is 20.0 Å². The summed E-state index contributed by atoms with van der Waals surface area (Å²) in [6.07, 6.45) is 1.44. The first-order valence-electron chi connectivity index (χ1n) is 6.63. The fraction of sp³-hybridized carbons (Fsp3) is 0.500. The van der Waals surface area contributed by atoms with Crippen molar-refractivity contribution < 1.29 is 14.8 Å². The summed E-state index contributed by atoms with van der Waals surface area (Å²) in [5.41, 5.74) is 0.558. The van der Waals surface area contributed by atoms with Crippen LogP contribution in [-0.4, -0.2) is 29.1 Å². The number of aliphatic carboxylic acids is 1. The molecule has 0 bridgehead atoms. The zero-order valence-electron chi connectivity index (χ0n) is 11.4. The minimum atomic E-state index is -0.815. The van der Waals surface area contributed by atoms with Crippen LogP contribution in [0.5, 0.6) is 0 Å². The second-order valence-electron chi connectivity index (χ2n) is 5.33. The summed E-state index contributed by atoms with van der Waals surface area (Å²) in [6.45, 7) is 3.02. The van der Waals surface area contributed by atoms with Gasteiger partial charge in [0.25, 0.3) is 5.69 Å². The average Bonchev–Trinajstić information content (AvgIpc) is 2.41. The molecular formula is C14H18N2O4. The lowest BCUT2D eigenvalue weighted by Gasteiger charge is -2.34. The van der Waals surface area contributed by atoms with Gasteiger partial charge in [0.15, 0.2) is 0 Å². The number of nitro groups is 1. The maximum absolute atomic E-state index is 11.6. The van der Waals surface area contributed by atoms with E-state index >= 15 is 0 Å². The van der Waals surface area contributed by atoms with E-state index in [2.05, 4.69) is 5.32 Å². The van der Waals surface area contributed by atoms with Crippen molar-refractivity contribution in [3.05, 3.63) is 39.4 Å². The summed E-state index contributed by atoms with van der Waals surface area (Å²) in [6, 6.07) is 4.86. The van der Waals surface area contributed by atoms with Gasteiger partial charge in [-0.25, -0.2) is 0 Å². The number of piperidine rings is 1. The van der Waals surface area contributed by atoms with Crippen molar-refractivity contribution in [2.24, 2.45) is 5.41 Å². The molecule has 1 aliphatic heterocycles. The first-order valence-corrected chi connectivity index (χ1v) is 6.63. The highest BCUT2D eigenvalue weighted by atomic mass is 16.6. The van der Waals surface area contributed by atoms with Gasteiger partial charge in [-0.3, -0.25) is 14.9 Å². The molecule has 108 valence electrons. The molecule has 0 spiro atoms. The van der Waals surface area contributed by atoms with Crippen molar-refractivity contribution in [3.8, 4) is 0 Å². The van der Waals surface area contributed by atoms with E-state index in [1.165, 1.54) is 6.07 Å². The summed E-state index contributed by atoms with van der Waals surface area (Å²) >= 11 is 0. The maximum Gasteiger partial charge on any atom is 0.310 e. The minimum Gasteiger partial charge on any atom is -0.481 e. The number of benzene rings is 1. The number of hydrogen-bond acceptors (Lipinski definition) is 4. The van der Waals surface area contributed by atoms with Crippen molar-refractivity contribution in [2.45, 2.75) is 26.2 Å². The van der Waals surface area contributed by atoms with E-state index in [4.69, 9.17) is 0 Å². The van der Waals surface area contributed by atoms with Gasteiger partial charge >= 0.3 is 5.97 Å². The number of nitro benzene ring substituents is 1. The first-order chi connectivity index (χ1) is 9.46. The number of hydrogen-bond donors (Lipinski definition) is 2. The number of carboxylic acids is 1. The maximum atomic E-state index is 11.6. The van der Waals surface area contributed by atoms with Crippen LogP contribution in [0.1, 0.15) is 24.0 Å². The van der Waals surface area contributed by atoms with Gasteiger partial charge in [0.2, 0.25) is 0 Å². The van der Waals surface area contributed by atoms with Crippen LogP contribution in [-0.2, 0) is 11.2 Å². The van der Waals surface area contributed by atoms with Crippen molar-refractivity contribution in [1.29, 1.82) is 0 Å². The molecule has 0 aliphatic carbocycles. The minimum absolute atomic E-state index is 0.0528. The first kappa shape index (κ1) is 14.5. The summed E-state index contributed by atoms with van der Waals surface area (Å²) in [5.74, 6) is -0.815. The molecule has 6 nitrogen and oxygen atoms in total. The van der Waals surface area contributed by atoms with Gasteiger partial charge in [-0.2, -0.15) is 0 Å². The van der Waals surface area contributed by atoms with Gasteiger partial charge in [-0.15, -0.1) is 0 Å². The number of carbonyl (C=O) groups is 1. The highest BCUT2D eigenvalue weighted by molar-refractivity contribution is 5.75. The van der Waals surface area contributed by atoms with Gasteiger partial charge in [0.05, 0.1) is 10.3 Å². The largest absolute Gasteiger partial charge is 0.481 e. The smallest absolute Gasteiger partial charge is 0.310 e. The molecule has 1 fully saturated rings. The Hall–Kier alpha value is -1.95. The van der Waals surface area contributed by atoms with E-state index < -0.39 is 16.3 Å². The highest BCUT2D eigenvalue weighted by Gasteiger charge is 2.40. The van der Waals surface area contributed by atoms with Crippen molar-refractivity contribution in [2.75, 3.05) is 13.1 Å². The van der Waals surface area contributed by atoms with E-state index in [1.807, 2.05) is 0 Å². The van der Waals surface area contributed by atoms with Gasteiger partial charge in [0, 0.05) is 11.6 Å². The standard InChI is InChI=1S/C14H18N2O4/c1-10-11(3-2-4-12(10)16(19)20)9-14(13(17)18)5-7-15-8-6-14/h2-4,15H,5-9H2,1H3,(H,17,18). The van der Waals surface area contributed by atoms with Crippen LogP contribution in [0.15, 0.2) is 18.2 Å². The zero-order valence-corrected chi connectivity index (χ0v) is 11.4. The van der Waals surface area contributed by atoms with Gasteiger partial charge in [-0.1, -0.05) is 12.1 Å². The van der Waals surface area contributed by atoms with E-state index in [-0.39, 0.29) is 5.69 Å². The quantitative estimate of drug-likeness (QED) is 0.648. The molecule has 0 unspecified atom stereocenters. The number of carboxylic acid groups (broad SMARTS) is 1. The second-order valence-corrected chi connectivity index (χ2v) is 5.33. The SMILES string of the molecule is Cc1c(CC2(C(=O)O)CCNCC2)cccc1[N+](=O)[O-].